The Bertz CT molecular complexity index is 780. The van der Waals surface area contributed by atoms with Gasteiger partial charge in [-0.1, -0.05) is 34.1 Å². The number of carbonyl (C=O) groups excluding carboxylic acids is 1. The van der Waals surface area contributed by atoms with Crippen molar-refractivity contribution >= 4 is 11.7 Å². The number of aromatic hydroxyl groups is 2. The highest BCUT2D eigenvalue weighted by Crippen LogP contribution is 2.62. The largest absolute Gasteiger partial charge is 0.508 e. The van der Waals surface area contributed by atoms with Gasteiger partial charge in [0.25, 0.3) is 0 Å². The molecule has 6 heteroatoms. The third-order valence-corrected chi connectivity index (χ3v) is 7.38. The number of hydrogen-bond donors (Lipinski definition) is 4. The Kier molecular flexibility index (Phi) is 5.11. The molecule has 28 heavy (non-hydrogen) atoms. The van der Waals surface area contributed by atoms with Crippen LogP contribution in [0.3, 0.4) is 0 Å². The van der Waals surface area contributed by atoms with Crippen molar-refractivity contribution in [3.63, 3.8) is 0 Å². The Morgan fingerprint density at radius 3 is 2.29 bits per heavy atom. The monoisotopic (exact) mass is 387 g/mol. The number of hydrogen-bond acceptors (Lipinski definition) is 4. The van der Waals surface area contributed by atoms with Crippen LogP contribution in [-0.4, -0.2) is 28.0 Å². The maximum atomic E-state index is 13.7. The Hall–Kier alpha value is -2.24. The predicted octanol–water partition coefficient (Wildman–Crippen LogP) is 3.41. The zero-order valence-electron chi connectivity index (χ0n) is 17.3. The van der Waals surface area contributed by atoms with Crippen LogP contribution in [0.25, 0.3) is 0 Å². The first-order chi connectivity index (χ1) is 13.0. The average Bonchev–Trinajstić information content (AvgIpc) is 2.54. The minimum Gasteiger partial charge on any atom is -0.508 e. The van der Waals surface area contributed by atoms with E-state index in [1.165, 1.54) is 18.2 Å². The lowest BCUT2D eigenvalue weighted by Crippen LogP contribution is -2.57. The van der Waals surface area contributed by atoms with Crippen molar-refractivity contribution in [3.05, 3.63) is 23.8 Å². The number of Topliss-reactive ketones (excluding diaryl/α,β-unsaturated/α-hetero) is 1. The number of nitrogens with two attached hydrogens (primary N) is 2. The van der Waals surface area contributed by atoms with E-state index in [1.807, 2.05) is 6.92 Å². The summed E-state index contributed by atoms with van der Waals surface area (Å²) in [6, 6.07) is 3.98. The van der Waals surface area contributed by atoms with E-state index in [1.54, 1.807) is 0 Å². The first-order valence-corrected chi connectivity index (χ1v) is 10.1. The summed E-state index contributed by atoms with van der Waals surface area (Å²) >= 11 is 0. The molecular formula is C22H33N3O3. The smallest absolute Gasteiger partial charge is 0.186 e. The lowest BCUT2D eigenvalue weighted by Gasteiger charge is -2.59. The zero-order valence-corrected chi connectivity index (χ0v) is 17.3. The van der Waals surface area contributed by atoms with E-state index in [4.69, 9.17) is 11.5 Å². The number of fused-ring (bicyclic) bond motifs is 1. The number of benzene rings is 1. The van der Waals surface area contributed by atoms with Crippen molar-refractivity contribution in [3.8, 4) is 11.5 Å². The summed E-state index contributed by atoms with van der Waals surface area (Å²) in [6.45, 7) is 8.83. The molecule has 0 saturated heterocycles. The molecule has 1 aromatic carbocycles. The molecule has 154 valence electrons. The van der Waals surface area contributed by atoms with Crippen LogP contribution in [0.5, 0.6) is 11.5 Å². The number of phenols is 2. The highest BCUT2D eigenvalue weighted by Gasteiger charge is 2.58. The molecule has 5 atom stereocenters. The minimum atomic E-state index is -0.292. The van der Waals surface area contributed by atoms with Gasteiger partial charge in [0, 0.05) is 17.5 Å². The summed E-state index contributed by atoms with van der Waals surface area (Å²) in [5.41, 5.74) is 11.6. The van der Waals surface area contributed by atoms with E-state index in [0.717, 1.165) is 25.7 Å². The van der Waals surface area contributed by atoms with E-state index < -0.39 is 0 Å². The van der Waals surface area contributed by atoms with Gasteiger partial charge in [0.2, 0.25) is 0 Å². The molecule has 0 radical (unpaired) electrons. The molecule has 1 aromatic rings. The van der Waals surface area contributed by atoms with E-state index in [-0.39, 0.29) is 51.9 Å². The highest BCUT2D eigenvalue weighted by molar-refractivity contribution is 5.99. The topological polar surface area (TPSA) is 122 Å². The van der Waals surface area contributed by atoms with Crippen LogP contribution in [-0.2, 0) is 0 Å². The van der Waals surface area contributed by atoms with Crippen LogP contribution in [0.2, 0.25) is 0 Å². The third kappa shape index (κ3) is 3.45. The zero-order chi connectivity index (χ0) is 20.9. The van der Waals surface area contributed by atoms with Crippen molar-refractivity contribution in [1.29, 1.82) is 0 Å². The van der Waals surface area contributed by atoms with Crippen LogP contribution in [0.15, 0.2) is 23.2 Å². The van der Waals surface area contributed by atoms with Gasteiger partial charge in [-0.25, -0.2) is 4.99 Å². The molecule has 2 aliphatic rings. The second-order valence-corrected chi connectivity index (χ2v) is 9.70. The molecule has 3 rings (SSSR count). The molecule has 6 N–H and O–H groups in total. The molecule has 6 nitrogen and oxygen atoms in total. The number of phenolic OH excluding ortho intramolecular Hbond substituents is 2. The molecule has 2 saturated carbocycles. The summed E-state index contributed by atoms with van der Waals surface area (Å²) in [5.74, 6) is -0.265. The fraction of sp³-hybridized carbons (Fsp3) is 0.636. The molecular weight excluding hydrogens is 354 g/mol. The van der Waals surface area contributed by atoms with Crippen LogP contribution in [0, 0.1) is 28.6 Å². The second kappa shape index (κ2) is 6.98. The number of guanidine groups is 1. The van der Waals surface area contributed by atoms with Crippen LogP contribution < -0.4 is 11.5 Å². The molecule has 2 aliphatic carbocycles. The SMILES string of the molecule is CC1C(N=C(N)N)CC2C(C)(C)CCCC2(C)C1C(=O)c1cc(O)cc(O)c1. The van der Waals surface area contributed by atoms with Gasteiger partial charge in [-0.3, -0.25) is 4.79 Å². The second-order valence-electron chi connectivity index (χ2n) is 9.70. The summed E-state index contributed by atoms with van der Waals surface area (Å²) in [6.07, 6.45) is 4.03. The van der Waals surface area contributed by atoms with Crippen molar-refractivity contribution in [2.45, 2.75) is 59.4 Å². The number of nitrogens with zero attached hydrogens (tertiary/aromatic N) is 1. The summed E-state index contributed by atoms with van der Waals surface area (Å²) in [7, 11) is 0. The van der Waals surface area contributed by atoms with Gasteiger partial charge in [-0.15, -0.1) is 0 Å². The van der Waals surface area contributed by atoms with Crippen molar-refractivity contribution < 1.29 is 15.0 Å². The Balaban J connectivity index is 2.11. The summed E-state index contributed by atoms with van der Waals surface area (Å²) in [4.78, 5) is 18.2. The van der Waals surface area contributed by atoms with Crippen LogP contribution >= 0.6 is 0 Å². The standard InChI is InChI=1S/C22H33N3O3/c1-12-16(25-20(23)24)11-17-21(2,3)6-5-7-22(17,4)18(12)19(28)13-8-14(26)10-15(27)9-13/h8-10,12,16-18,26-27H,5-7,11H2,1-4H3,(H4,23,24,25). The van der Waals surface area contributed by atoms with Crippen molar-refractivity contribution in [2.75, 3.05) is 0 Å². The van der Waals surface area contributed by atoms with Crippen LogP contribution in [0.4, 0.5) is 0 Å². The van der Waals surface area contributed by atoms with E-state index in [0.29, 0.717) is 11.5 Å². The molecule has 0 aliphatic heterocycles. The van der Waals surface area contributed by atoms with Gasteiger partial charge >= 0.3 is 0 Å². The molecule has 0 aromatic heterocycles. The molecule has 2 fully saturated rings. The van der Waals surface area contributed by atoms with Gasteiger partial charge in [0.1, 0.15) is 11.5 Å². The summed E-state index contributed by atoms with van der Waals surface area (Å²) < 4.78 is 0. The maximum Gasteiger partial charge on any atom is 0.186 e. The average molecular weight is 388 g/mol. The molecule has 0 amide bonds. The van der Waals surface area contributed by atoms with Crippen LogP contribution in [0.1, 0.15) is 63.7 Å². The summed E-state index contributed by atoms with van der Waals surface area (Å²) in [5, 5.41) is 19.8. The van der Waals surface area contributed by atoms with Gasteiger partial charge in [0.05, 0.1) is 6.04 Å². The quantitative estimate of drug-likeness (QED) is 0.360. The first kappa shape index (κ1) is 20.5. The third-order valence-electron chi connectivity index (χ3n) is 7.38. The van der Waals surface area contributed by atoms with Gasteiger partial charge < -0.3 is 21.7 Å². The normalized spacial score (nSPS) is 34.3. The fourth-order valence-electron chi connectivity index (χ4n) is 6.22. The molecule has 0 spiro atoms. The van der Waals surface area contributed by atoms with Crippen molar-refractivity contribution in [2.24, 2.45) is 45.0 Å². The molecule has 5 unspecified atom stereocenters. The van der Waals surface area contributed by atoms with Gasteiger partial charge in [0.15, 0.2) is 11.7 Å². The number of aliphatic imine (C=N–C) groups is 1. The van der Waals surface area contributed by atoms with E-state index >= 15 is 0 Å². The molecule has 0 bridgehead atoms. The number of rotatable bonds is 3. The maximum absolute atomic E-state index is 13.7. The number of carbonyl (C=O) groups is 1. The molecule has 0 heterocycles. The van der Waals surface area contributed by atoms with E-state index in [9.17, 15) is 15.0 Å². The van der Waals surface area contributed by atoms with Gasteiger partial charge in [-0.2, -0.15) is 0 Å². The van der Waals surface area contributed by atoms with E-state index in [2.05, 4.69) is 25.8 Å². The Labute approximate surface area is 167 Å². The fourth-order valence-corrected chi connectivity index (χ4v) is 6.22. The first-order valence-electron chi connectivity index (χ1n) is 10.1. The Morgan fingerprint density at radius 1 is 1.11 bits per heavy atom. The number of ketones is 1. The lowest BCUT2D eigenvalue weighted by molar-refractivity contribution is -0.0862. The lowest BCUT2D eigenvalue weighted by atomic mass is 9.45. The van der Waals surface area contributed by atoms with Gasteiger partial charge in [-0.05, 0) is 54.1 Å². The minimum absolute atomic E-state index is 0.0470. The van der Waals surface area contributed by atoms with Crippen molar-refractivity contribution in [1.82, 2.24) is 0 Å². The Morgan fingerprint density at radius 2 is 1.71 bits per heavy atom. The highest BCUT2D eigenvalue weighted by atomic mass is 16.3. The predicted molar refractivity (Wildman–Crippen MR) is 110 cm³/mol.